The molecule has 1 aromatic carbocycles. The number of hydrogen-bond acceptors (Lipinski definition) is 1. The molecule has 1 nitrogen and oxygen atoms in total. The van der Waals surface area contributed by atoms with Crippen molar-refractivity contribution in [2.45, 2.75) is 26.3 Å². The van der Waals surface area contributed by atoms with E-state index in [9.17, 15) is 0 Å². The number of halogens is 1. The lowest BCUT2D eigenvalue weighted by Gasteiger charge is -2.13. The minimum atomic E-state index is 0.123. The summed E-state index contributed by atoms with van der Waals surface area (Å²) in [5, 5.41) is 0.808. The molecule has 1 aromatic rings. The van der Waals surface area contributed by atoms with Crippen molar-refractivity contribution in [1.29, 1.82) is 0 Å². The van der Waals surface area contributed by atoms with Crippen molar-refractivity contribution in [3.8, 4) is 0 Å². The van der Waals surface area contributed by atoms with Crippen molar-refractivity contribution in [2.24, 2.45) is 17.6 Å². The zero-order valence-corrected chi connectivity index (χ0v) is 9.38. The molecule has 0 bridgehead atoms. The molecule has 2 heteroatoms. The largest absolute Gasteiger partial charge is 0.324 e. The predicted molar refractivity (Wildman–Crippen MR) is 60.4 cm³/mol. The Morgan fingerprint density at radius 3 is 2.71 bits per heavy atom. The van der Waals surface area contributed by atoms with Gasteiger partial charge in [0.25, 0.3) is 0 Å². The van der Waals surface area contributed by atoms with Crippen LogP contribution in [0.2, 0.25) is 5.02 Å². The van der Waals surface area contributed by atoms with Crippen molar-refractivity contribution in [2.75, 3.05) is 0 Å². The zero-order chi connectivity index (χ0) is 10.3. The lowest BCUT2D eigenvalue weighted by Crippen LogP contribution is -2.14. The van der Waals surface area contributed by atoms with Gasteiger partial charge in [0, 0.05) is 11.1 Å². The van der Waals surface area contributed by atoms with Gasteiger partial charge >= 0.3 is 0 Å². The lowest BCUT2D eigenvalue weighted by atomic mass is 10.0. The number of aryl methyl sites for hydroxylation is 1. The molecule has 0 spiro atoms. The second-order valence-electron chi connectivity index (χ2n) is 4.43. The van der Waals surface area contributed by atoms with Crippen LogP contribution < -0.4 is 5.73 Å². The second-order valence-corrected chi connectivity index (χ2v) is 4.83. The van der Waals surface area contributed by atoms with Gasteiger partial charge < -0.3 is 5.73 Å². The smallest absolute Gasteiger partial charge is 0.0454 e. The molecule has 0 aliphatic heterocycles. The third-order valence-corrected chi connectivity index (χ3v) is 3.49. The molecule has 2 N–H and O–H groups in total. The SMILES string of the molecule is Cc1ccc(Cl)c(C(N)C2CC2C)c1. The zero-order valence-electron chi connectivity index (χ0n) is 8.63. The number of benzene rings is 1. The summed E-state index contributed by atoms with van der Waals surface area (Å²) in [6.45, 7) is 4.32. The predicted octanol–water partition coefficient (Wildman–Crippen LogP) is 3.30. The summed E-state index contributed by atoms with van der Waals surface area (Å²) >= 11 is 6.13. The van der Waals surface area contributed by atoms with Gasteiger partial charge in [-0.15, -0.1) is 0 Å². The summed E-state index contributed by atoms with van der Waals surface area (Å²) in [4.78, 5) is 0. The van der Waals surface area contributed by atoms with E-state index in [4.69, 9.17) is 17.3 Å². The highest BCUT2D eigenvalue weighted by molar-refractivity contribution is 6.31. The molecular formula is C12H16ClN. The van der Waals surface area contributed by atoms with Gasteiger partial charge in [0.1, 0.15) is 0 Å². The van der Waals surface area contributed by atoms with E-state index < -0.39 is 0 Å². The van der Waals surface area contributed by atoms with Gasteiger partial charge in [-0.3, -0.25) is 0 Å². The van der Waals surface area contributed by atoms with Gasteiger partial charge in [-0.05, 0) is 36.8 Å². The van der Waals surface area contributed by atoms with E-state index in [0.29, 0.717) is 5.92 Å². The van der Waals surface area contributed by atoms with Gasteiger partial charge in [-0.25, -0.2) is 0 Å². The highest BCUT2D eigenvalue weighted by Crippen LogP contribution is 2.46. The van der Waals surface area contributed by atoms with E-state index in [2.05, 4.69) is 19.9 Å². The Kier molecular flexibility index (Phi) is 2.54. The molecule has 0 aromatic heterocycles. The Bertz CT molecular complexity index is 348. The molecule has 14 heavy (non-hydrogen) atoms. The number of rotatable bonds is 2. The van der Waals surface area contributed by atoms with Crippen molar-refractivity contribution >= 4 is 11.6 Å². The highest BCUT2D eigenvalue weighted by Gasteiger charge is 2.38. The van der Waals surface area contributed by atoms with Crippen LogP contribution in [0, 0.1) is 18.8 Å². The quantitative estimate of drug-likeness (QED) is 0.795. The molecule has 1 aliphatic rings. The van der Waals surface area contributed by atoms with Crippen molar-refractivity contribution in [1.82, 2.24) is 0 Å². The van der Waals surface area contributed by atoms with Gasteiger partial charge in [0.2, 0.25) is 0 Å². The van der Waals surface area contributed by atoms with Crippen molar-refractivity contribution in [3.63, 3.8) is 0 Å². The molecule has 76 valence electrons. The molecule has 0 saturated heterocycles. The molecule has 2 rings (SSSR count). The van der Waals surface area contributed by atoms with E-state index >= 15 is 0 Å². The molecular weight excluding hydrogens is 194 g/mol. The average Bonchev–Trinajstić information content (AvgIpc) is 2.86. The summed E-state index contributed by atoms with van der Waals surface area (Å²) in [7, 11) is 0. The van der Waals surface area contributed by atoms with Crippen LogP contribution in [0.4, 0.5) is 0 Å². The van der Waals surface area contributed by atoms with E-state index in [0.717, 1.165) is 16.5 Å². The topological polar surface area (TPSA) is 26.0 Å². The third kappa shape index (κ3) is 1.79. The third-order valence-electron chi connectivity index (χ3n) is 3.14. The fourth-order valence-corrected chi connectivity index (χ4v) is 2.24. The normalized spacial score (nSPS) is 27.4. The van der Waals surface area contributed by atoms with Gasteiger partial charge in [0.15, 0.2) is 0 Å². The molecule has 0 heterocycles. The highest BCUT2D eigenvalue weighted by atomic mass is 35.5. The maximum absolute atomic E-state index is 6.18. The summed E-state index contributed by atoms with van der Waals surface area (Å²) in [6.07, 6.45) is 1.24. The molecule has 0 radical (unpaired) electrons. The molecule has 3 atom stereocenters. The lowest BCUT2D eigenvalue weighted by molar-refractivity contribution is 0.593. The summed E-state index contributed by atoms with van der Waals surface area (Å²) in [5.41, 5.74) is 8.52. The molecule has 3 unspecified atom stereocenters. The van der Waals surface area contributed by atoms with E-state index in [1.165, 1.54) is 12.0 Å². The summed E-state index contributed by atoms with van der Waals surface area (Å²) in [6, 6.07) is 6.20. The van der Waals surface area contributed by atoms with E-state index in [1.807, 2.05) is 12.1 Å². The Morgan fingerprint density at radius 1 is 1.50 bits per heavy atom. The Labute approximate surface area is 90.3 Å². The minimum absolute atomic E-state index is 0.123. The van der Waals surface area contributed by atoms with Crippen LogP contribution in [0.1, 0.15) is 30.5 Å². The van der Waals surface area contributed by atoms with Crippen LogP contribution in [0.3, 0.4) is 0 Å². The molecule has 1 fully saturated rings. The minimum Gasteiger partial charge on any atom is -0.324 e. The summed E-state index contributed by atoms with van der Waals surface area (Å²) < 4.78 is 0. The fourth-order valence-electron chi connectivity index (χ4n) is 2.00. The van der Waals surface area contributed by atoms with E-state index in [1.54, 1.807) is 0 Å². The first-order valence-electron chi connectivity index (χ1n) is 5.11. The Hall–Kier alpha value is -0.530. The van der Waals surface area contributed by atoms with Gasteiger partial charge in [-0.2, -0.15) is 0 Å². The van der Waals surface area contributed by atoms with Crippen LogP contribution in [0.5, 0.6) is 0 Å². The molecule has 1 saturated carbocycles. The van der Waals surface area contributed by atoms with Crippen molar-refractivity contribution in [3.05, 3.63) is 34.3 Å². The maximum atomic E-state index is 6.18. The van der Waals surface area contributed by atoms with Gasteiger partial charge in [-0.1, -0.05) is 36.2 Å². The number of nitrogens with two attached hydrogens (primary N) is 1. The first kappa shape index (κ1) is 10.0. The first-order chi connectivity index (χ1) is 6.59. The summed E-state index contributed by atoms with van der Waals surface area (Å²) in [5.74, 6) is 1.40. The average molecular weight is 210 g/mol. The monoisotopic (exact) mass is 209 g/mol. The fraction of sp³-hybridized carbons (Fsp3) is 0.500. The van der Waals surface area contributed by atoms with Gasteiger partial charge in [0.05, 0.1) is 0 Å². The van der Waals surface area contributed by atoms with E-state index in [-0.39, 0.29) is 6.04 Å². The first-order valence-corrected chi connectivity index (χ1v) is 5.49. The molecule has 1 aliphatic carbocycles. The molecule has 0 amide bonds. The van der Waals surface area contributed by atoms with Crippen LogP contribution in [0.25, 0.3) is 0 Å². The second kappa shape index (κ2) is 3.56. The van der Waals surface area contributed by atoms with Crippen LogP contribution in [-0.2, 0) is 0 Å². The Morgan fingerprint density at radius 2 is 2.14 bits per heavy atom. The van der Waals surface area contributed by atoms with Crippen LogP contribution in [0.15, 0.2) is 18.2 Å². The van der Waals surface area contributed by atoms with Crippen molar-refractivity contribution < 1.29 is 0 Å². The Balaban J connectivity index is 2.26. The maximum Gasteiger partial charge on any atom is 0.0454 e. The standard InChI is InChI=1S/C12H16ClN/c1-7-3-4-11(13)10(5-7)12(14)9-6-8(9)2/h3-5,8-9,12H,6,14H2,1-2H3. The van der Waals surface area contributed by atoms with Crippen LogP contribution >= 0.6 is 11.6 Å². The number of hydrogen-bond donors (Lipinski definition) is 1. The van der Waals surface area contributed by atoms with Crippen LogP contribution in [-0.4, -0.2) is 0 Å².